The van der Waals surface area contributed by atoms with Gasteiger partial charge >= 0.3 is 6.03 Å². The average molecular weight is 443 g/mol. The predicted octanol–water partition coefficient (Wildman–Crippen LogP) is 5.19. The van der Waals surface area contributed by atoms with Crippen LogP contribution in [-0.2, 0) is 4.74 Å². The molecular formula is C20H19ClN6O2S. The first-order valence-electron chi connectivity index (χ1n) is 9.11. The third kappa shape index (κ3) is 4.00. The Hall–Kier alpha value is -3.01. The second-order valence-electron chi connectivity index (χ2n) is 6.57. The zero-order valence-corrected chi connectivity index (χ0v) is 18.1. The lowest BCUT2D eigenvalue weighted by molar-refractivity contribution is 0.121. The zero-order chi connectivity index (χ0) is 21.3. The Balaban J connectivity index is 1.57. The van der Waals surface area contributed by atoms with Crippen LogP contribution in [0.3, 0.4) is 0 Å². The lowest BCUT2D eigenvalue weighted by atomic mass is 10.1. The number of hydrogen-bond donors (Lipinski definition) is 2. The quantitative estimate of drug-likeness (QED) is 0.443. The Morgan fingerprint density at radius 1 is 1.33 bits per heavy atom. The Bertz CT molecular complexity index is 1210. The van der Waals surface area contributed by atoms with E-state index in [4.69, 9.17) is 16.3 Å². The molecule has 0 fully saturated rings. The van der Waals surface area contributed by atoms with Crippen LogP contribution in [0.15, 0.2) is 43.1 Å². The van der Waals surface area contributed by atoms with Crippen LogP contribution in [0.2, 0.25) is 5.02 Å². The molecule has 4 aromatic rings. The number of carbonyl (C=O) groups is 1. The molecule has 0 saturated heterocycles. The number of benzene rings is 1. The molecule has 2 N–H and O–H groups in total. The summed E-state index contributed by atoms with van der Waals surface area (Å²) in [7, 11) is 1.61. The van der Waals surface area contributed by atoms with E-state index in [2.05, 4.69) is 25.6 Å². The Morgan fingerprint density at radius 3 is 2.87 bits per heavy atom. The highest BCUT2D eigenvalue weighted by molar-refractivity contribution is 7.18. The van der Waals surface area contributed by atoms with E-state index in [0.29, 0.717) is 16.4 Å². The zero-order valence-electron chi connectivity index (χ0n) is 16.5. The van der Waals surface area contributed by atoms with Crippen LogP contribution >= 0.6 is 22.9 Å². The SMILES string of the molecule is CO[C@H](C)c1c(NC(=O)Nc2ccc(-n3ccnc3)c(Cl)c2)cnc2sc(C)nc12. The molecule has 0 bridgehead atoms. The van der Waals surface area contributed by atoms with Crippen LogP contribution in [-0.4, -0.2) is 32.7 Å². The summed E-state index contributed by atoms with van der Waals surface area (Å²) in [5.74, 6) is 0. The van der Waals surface area contributed by atoms with Crippen LogP contribution < -0.4 is 10.6 Å². The largest absolute Gasteiger partial charge is 0.377 e. The lowest BCUT2D eigenvalue weighted by Crippen LogP contribution is -2.21. The summed E-state index contributed by atoms with van der Waals surface area (Å²) in [6.45, 7) is 3.83. The molecule has 0 aliphatic carbocycles. The van der Waals surface area contributed by atoms with Crippen molar-refractivity contribution in [3.63, 3.8) is 0 Å². The van der Waals surface area contributed by atoms with Gasteiger partial charge in [0.2, 0.25) is 0 Å². The van der Waals surface area contributed by atoms with Gasteiger partial charge in [0.15, 0.2) is 0 Å². The van der Waals surface area contributed by atoms with Crippen molar-refractivity contribution in [3.8, 4) is 5.69 Å². The molecule has 4 rings (SSSR count). The number of imidazole rings is 1. The van der Waals surface area contributed by atoms with E-state index < -0.39 is 6.03 Å². The second kappa shape index (κ2) is 8.39. The number of rotatable bonds is 5. The van der Waals surface area contributed by atoms with Crippen LogP contribution in [0.4, 0.5) is 16.2 Å². The summed E-state index contributed by atoms with van der Waals surface area (Å²) in [6.07, 6.45) is 6.48. The lowest BCUT2D eigenvalue weighted by Gasteiger charge is -2.16. The molecule has 3 aromatic heterocycles. The van der Waals surface area contributed by atoms with Gasteiger partial charge in [-0.3, -0.25) is 0 Å². The summed E-state index contributed by atoms with van der Waals surface area (Å²) >= 11 is 7.86. The van der Waals surface area contributed by atoms with Crippen molar-refractivity contribution in [2.75, 3.05) is 17.7 Å². The smallest absolute Gasteiger partial charge is 0.323 e. The first kappa shape index (κ1) is 20.3. The van der Waals surface area contributed by atoms with Crippen molar-refractivity contribution in [1.82, 2.24) is 19.5 Å². The molecule has 0 radical (unpaired) electrons. The number of thiazole rings is 1. The molecule has 0 spiro atoms. The minimum atomic E-state index is -0.417. The van der Waals surface area contributed by atoms with Crippen LogP contribution in [0.1, 0.15) is 23.6 Å². The molecule has 0 saturated carbocycles. The maximum absolute atomic E-state index is 12.6. The van der Waals surface area contributed by atoms with Gasteiger partial charge in [0.25, 0.3) is 0 Å². The number of aryl methyl sites for hydroxylation is 1. The molecule has 10 heteroatoms. The van der Waals surface area contributed by atoms with E-state index >= 15 is 0 Å². The van der Waals surface area contributed by atoms with E-state index in [1.54, 1.807) is 48.7 Å². The minimum Gasteiger partial charge on any atom is -0.377 e. The van der Waals surface area contributed by atoms with E-state index in [9.17, 15) is 4.79 Å². The summed E-state index contributed by atoms with van der Waals surface area (Å²) in [5.41, 5.74) is 3.39. The molecule has 0 aliphatic heterocycles. The maximum atomic E-state index is 12.6. The van der Waals surface area contributed by atoms with Gasteiger partial charge in [0, 0.05) is 30.8 Å². The topological polar surface area (TPSA) is 94.0 Å². The summed E-state index contributed by atoms with van der Waals surface area (Å²) < 4.78 is 7.29. The number of nitrogens with zero attached hydrogens (tertiary/aromatic N) is 4. The van der Waals surface area contributed by atoms with Crippen molar-refractivity contribution >= 4 is 50.7 Å². The molecule has 8 nitrogen and oxygen atoms in total. The minimum absolute atomic E-state index is 0.267. The average Bonchev–Trinajstić information content (AvgIpc) is 3.36. The fraction of sp³-hybridized carbons (Fsp3) is 0.200. The Morgan fingerprint density at radius 2 is 2.17 bits per heavy atom. The summed E-state index contributed by atoms with van der Waals surface area (Å²) in [6, 6.07) is 4.84. The molecule has 2 amide bonds. The second-order valence-corrected chi connectivity index (χ2v) is 8.15. The number of methoxy groups -OCH3 is 1. The normalized spacial score (nSPS) is 12.1. The van der Waals surface area contributed by atoms with Crippen molar-refractivity contribution in [1.29, 1.82) is 0 Å². The number of amides is 2. The van der Waals surface area contributed by atoms with Crippen LogP contribution in [0.25, 0.3) is 16.0 Å². The van der Waals surface area contributed by atoms with Crippen molar-refractivity contribution in [2.24, 2.45) is 0 Å². The number of fused-ring (bicyclic) bond motifs is 1. The van der Waals surface area contributed by atoms with E-state index in [1.165, 1.54) is 11.3 Å². The number of ether oxygens (including phenoxy) is 1. The number of aromatic nitrogens is 4. The number of carbonyl (C=O) groups excluding carboxylic acids is 1. The van der Waals surface area contributed by atoms with Gasteiger partial charge in [-0.1, -0.05) is 22.9 Å². The molecule has 154 valence electrons. The number of hydrogen-bond acceptors (Lipinski definition) is 6. The Kier molecular flexibility index (Phi) is 5.67. The van der Waals surface area contributed by atoms with Gasteiger partial charge in [-0.15, -0.1) is 0 Å². The van der Waals surface area contributed by atoms with Gasteiger partial charge in [-0.2, -0.15) is 0 Å². The standard InChI is InChI=1S/C20H19ClN6O2S/c1-11(29-3)17-15(9-23-19-18(17)24-12(2)30-19)26-20(28)25-13-4-5-16(14(21)8-13)27-7-6-22-10-27/h4-11H,1-3H3,(H2,25,26,28)/t11-/m1/s1. The number of nitrogens with one attached hydrogen (secondary N) is 2. The van der Waals surface area contributed by atoms with E-state index in [-0.39, 0.29) is 6.10 Å². The molecule has 30 heavy (non-hydrogen) atoms. The predicted molar refractivity (Wildman–Crippen MR) is 119 cm³/mol. The number of pyridine rings is 1. The highest BCUT2D eigenvalue weighted by Gasteiger charge is 2.20. The van der Waals surface area contributed by atoms with Gasteiger partial charge in [-0.05, 0) is 32.0 Å². The molecule has 3 heterocycles. The molecule has 1 atom stereocenters. The van der Waals surface area contributed by atoms with Gasteiger partial charge < -0.3 is 19.9 Å². The monoisotopic (exact) mass is 442 g/mol. The molecule has 0 unspecified atom stereocenters. The molecular weight excluding hydrogens is 424 g/mol. The third-order valence-electron chi connectivity index (χ3n) is 4.57. The summed E-state index contributed by atoms with van der Waals surface area (Å²) in [5, 5.41) is 7.03. The fourth-order valence-corrected chi connectivity index (χ4v) is 4.16. The van der Waals surface area contributed by atoms with Crippen molar-refractivity contribution in [3.05, 3.63) is 58.7 Å². The van der Waals surface area contributed by atoms with Crippen LogP contribution in [0.5, 0.6) is 0 Å². The molecule has 0 aliphatic rings. The number of urea groups is 1. The Labute approximate surface area is 181 Å². The van der Waals surface area contributed by atoms with E-state index in [0.717, 1.165) is 26.6 Å². The highest BCUT2D eigenvalue weighted by Crippen LogP contribution is 2.34. The summed E-state index contributed by atoms with van der Waals surface area (Å²) in [4.78, 5) is 26.4. The van der Waals surface area contributed by atoms with Gasteiger partial charge in [0.05, 0.1) is 40.0 Å². The first-order valence-corrected chi connectivity index (χ1v) is 10.3. The highest BCUT2D eigenvalue weighted by atomic mass is 35.5. The van der Waals surface area contributed by atoms with E-state index in [1.807, 2.05) is 19.9 Å². The molecule has 1 aromatic carbocycles. The maximum Gasteiger partial charge on any atom is 0.323 e. The first-order chi connectivity index (χ1) is 14.5. The number of anilines is 2. The van der Waals surface area contributed by atoms with Gasteiger partial charge in [0.1, 0.15) is 10.3 Å². The van der Waals surface area contributed by atoms with Crippen LogP contribution in [0, 0.1) is 6.92 Å². The number of halogens is 1. The van der Waals surface area contributed by atoms with Gasteiger partial charge in [-0.25, -0.2) is 19.7 Å². The fourth-order valence-electron chi connectivity index (χ4n) is 3.11. The van der Waals surface area contributed by atoms with Crippen molar-refractivity contribution in [2.45, 2.75) is 20.0 Å². The third-order valence-corrected chi connectivity index (χ3v) is 5.75. The van der Waals surface area contributed by atoms with Crippen molar-refractivity contribution < 1.29 is 9.53 Å².